The minimum atomic E-state index is -4.02. The first-order valence-corrected chi connectivity index (χ1v) is 5.47. The van der Waals surface area contributed by atoms with Crippen molar-refractivity contribution in [3.8, 4) is 0 Å². The summed E-state index contributed by atoms with van der Waals surface area (Å²) < 4.78 is 10.5. The van der Waals surface area contributed by atoms with E-state index < -0.39 is 13.4 Å². The van der Waals surface area contributed by atoms with Gasteiger partial charge in [0.15, 0.2) is 0 Å². The SMILES string of the molecule is CCCCC[C@@H](N)P(=O)(O)O. The van der Waals surface area contributed by atoms with Crippen LogP contribution in [0, 0.1) is 0 Å². The van der Waals surface area contributed by atoms with Gasteiger partial charge in [-0.2, -0.15) is 0 Å². The van der Waals surface area contributed by atoms with Crippen LogP contribution in [0.3, 0.4) is 0 Å². The van der Waals surface area contributed by atoms with Crippen molar-refractivity contribution in [2.75, 3.05) is 0 Å². The molecule has 0 unspecified atom stereocenters. The highest BCUT2D eigenvalue weighted by molar-refractivity contribution is 7.52. The fraction of sp³-hybridized carbons (Fsp3) is 1.00. The van der Waals surface area contributed by atoms with Crippen molar-refractivity contribution in [3.05, 3.63) is 0 Å². The van der Waals surface area contributed by atoms with Crippen LogP contribution in [0.1, 0.15) is 32.6 Å². The molecule has 0 rings (SSSR count). The van der Waals surface area contributed by atoms with Crippen molar-refractivity contribution in [1.29, 1.82) is 0 Å². The highest BCUT2D eigenvalue weighted by Gasteiger charge is 2.23. The predicted molar refractivity (Wildman–Crippen MR) is 44.2 cm³/mol. The number of nitrogens with two attached hydrogens (primary N) is 1. The van der Waals surface area contributed by atoms with E-state index in [-0.39, 0.29) is 0 Å². The molecule has 0 fully saturated rings. The molecule has 11 heavy (non-hydrogen) atoms. The molecule has 0 saturated heterocycles. The zero-order valence-electron chi connectivity index (χ0n) is 6.73. The summed E-state index contributed by atoms with van der Waals surface area (Å²) in [7, 11) is -4.02. The maximum Gasteiger partial charge on any atom is 0.342 e. The molecule has 0 bridgehead atoms. The molecule has 0 aromatic carbocycles. The zero-order valence-corrected chi connectivity index (χ0v) is 7.63. The summed E-state index contributed by atoms with van der Waals surface area (Å²) >= 11 is 0. The van der Waals surface area contributed by atoms with E-state index in [9.17, 15) is 4.57 Å². The minimum absolute atomic E-state index is 0.415. The number of unbranched alkanes of at least 4 members (excludes halogenated alkanes) is 2. The Morgan fingerprint density at radius 2 is 2.00 bits per heavy atom. The Bertz CT molecular complexity index is 145. The van der Waals surface area contributed by atoms with Gasteiger partial charge in [0.05, 0.1) is 0 Å². The van der Waals surface area contributed by atoms with Crippen LogP contribution < -0.4 is 5.73 Å². The molecule has 4 nitrogen and oxygen atoms in total. The van der Waals surface area contributed by atoms with Gasteiger partial charge in [-0.15, -0.1) is 0 Å². The summed E-state index contributed by atoms with van der Waals surface area (Å²) in [5.74, 6) is -0.964. The van der Waals surface area contributed by atoms with Gasteiger partial charge in [0.1, 0.15) is 5.78 Å². The first kappa shape index (κ1) is 11.1. The van der Waals surface area contributed by atoms with Crippen LogP contribution >= 0.6 is 7.60 Å². The molecular formula is C6H16NO3P. The summed E-state index contributed by atoms with van der Waals surface area (Å²) in [6.45, 7) is 2.03. The fourth-order valence-corrected chi connectivity index (χ4v) is 1.29. The Morgan fingerprint density at radius 3 is 2.36 bits per heavy atom. The molecule has 0 saturated carbocycles. The molecule has 0 aromatic heterocycles. The van der Waals surface area contributed by atoms with E-state index in [1.807, 2.05) is 6.92 Å². The zero-order chi connectivity index (χ0) is 8.91. The lowest BCUT2D eigenvalue weighted by molar-refractivity contribution is 0.353. The van der Waals surface area contributed by atoms with Gasteiger partial charge in [-0.1, -0.05) is 26.2 Å². The Balaban J connectivity index is 3.53. The molecule has 0 aliphatic rings. The van der Waals surface area contributed by atoms with Crippen LogP contribution in [0.5, 0.6) is 0 Å². The summed E-state index contributed by atoms with van der Waals surface area (Å²) in [5, 5.41) is 0. The molecule has 0 aliphatic heterocycles. The first-order chi connectivity index (χ1) is 4.98. The van der Waals surface area contributed by atoms with Gasteiger partial charge in [-0.05, 0) is 6.42 Å². The van der Waals surface area contributed by atoms with Crippen LogP contribution in [0.2, 0.25) is 0 Å². The highest BCUT2D eigenvalue weighted by Crippen LogP contribution is 2.40. The van der Waals surface area contributed by atoms with Crippen LogP contribution in [-0.2, 0) is 4.57 Å². The Hall–Kier alpha value is 0.110. The molecule has 5 heteroatoms. The van der Waals surface area contributed by atoms with Gasteiger partial charge in [-0.25, -0.2) is 0 Å². The smallest absolute Gasteiger partial charge is 0.323 e. The van der Waals surface area contributed by atoms with Crippen molar-refractivity contribution >= 4 is 7.60 Å². The molecule has 0 radical (unpaired) electrons. The van der Waals surface area contributed by atoms with Gasteiger partial charge in [-0.3, -0.25) is 4.57 Å². The van der Waals surface area contributed by atoms with E-state index in [1.54, 1.807) is 0 Å². The van der Waals surface area contributed by atoms with Gasteiger partial charge in [0, 0.05) is 0 Å². The van der Waals surface area contributed by atoms with Gasteiger partial charge in [0.25, 0.3) is 0 Å². The van der Waals surface area contributed by atoms with Gasteiger partial charge < -0.3 is 15.5 Å². The number of hydrogen-bond donors (Lipinski definition) is 3. The molecule has 0 amide bonds. The summed E-state index contributed by atoms with van der Waals surface area (Å²) in [5.41, 5.74) is 5.23. The van der Waals surface area contributed by atoms with E-state index in [1.165, 1.54) is 0 Å². The summed E-state index contributed by atoms with van der Waals surface area (Å²) in [6.07, 6.45) is 3.22. The summed E-state index contributed by atoms with van der Waals surface area (Å²) in [4.78, 5) is 17.1. The van der Waals surface area contributed by atoms with E-state index in [2.05, 4.69) is 0 Å². The second-order valence-electron chi connectivity index (χ2n) is 2.65. The molecule has 0 spiro atoms. The molecule has 1 atom stereocenters. The number of hydrogen-bond acceptors (Lipinski definition) is 2. The lowest BCUT2D eigenvalue weighted by Gasteiger charge is -2.12. The number of rotatable bonds is 5. The minimum Gasteiger partial charge on any atom is -0.323 e. The molecule has 0 aliphatic carbocycles. The van der Waals surface area contributed by atoms with Crippen LogP contribution in [0.15, 0.2) is 0 Å². The standard InChI is InChI=1S/C6H16NO3P/c1-2-3-4-5-6(7)11(8,9)10/h6H,2-5,7H2,1H3,(H2,8,9,10)/t6-/m0/s1. The normalized spacial score (nSPS) is 14.9. The van der Waals surface area contributed by atoms with Crippen molar-refractivity contribution in [2.45, 2.75) is 38.4 Å². The Kier molecular flexibility index (Phi) is 4.93. The van der Waals surface area contributed by atoms with Crippen molar-refractivity contribution < 1.29 is 14.4 Å². The molecule has 68 valence electrons. The second kappa shape index (κ2) is 4.88. The van der Waals surface area contributed by atoms with Crippen LogP contribution in [0.25, 0.3) is 0 Å². The van der Waals surface area contributed by atoms with Gasteiger partial charge in [0.2, 0.25) is 0 Å². The topological polar surface area (TPSA) is 83.6 Å². The van der Waals surface area contributed by atoms with Crippen LogP contribution in [-0.4, -0.2) is 15.6 Å². The third kappa shape index (κ3) is 5.39. The molecule has 4 N–H and O–H groups in total. The average molecular weight is 181 g/mol. The highest BCUT2D eigenvalue weighted by atomic mass is 31.2. The molecule has 0 heterocycles. The van der Waals surface area contributed by atoms with Crippen molar-refractivity contribution in [1.82, 2.24) is 0 Å². The lowest BCUT2D eigenvalue weighted by atomic mass is 10.2. The second-order valence-corrected chi connectivity index (χ2v) is 4.49. The van der Waals surface area contributed by atoms with E-state index >= 15 is 0 Å². The van der Waals surface area contributed by atoms with Crippen LogP contribution in [0.4, 0.5) is 0 Å². The predicted octanol–water partition coefficient (Wildman–Crippen LogP) is 1.03. The summed E-state index contributed by atoms with van der Waals surface area (Å²) in [6, 6.07) is 0. The molecule has 0 aromatic rings. The maximum atomic E-state index is 10.5. The lowest BCUT2D eigenvalue weighted by Crippen LogP contribution is -2.19. The van der Waals surface area contributed by atoms with E-state index in [0.717, 1.165) is 19.3 Å². The average Bonchev–Trinajstić information content (AvgIpc) is 1.86. The maximum absolute atomic E-state index is 10.5. The largest absolute Gasteiger partial charge is 0.342 e. The fourth-order valence-electron chi connectivity index (χ4n) is 0.772. The monoisotopic (exact) mass is 181 g/mol. The van der Waals surface area contributed by atoms with E-state index in [0.29, 0.717) is 6.42 Å². The Labute approximate surface area is 67.0 Å². The van der Waals surface area contributed by atoms with Gasteiger partial charge >= 0.3 is 7.60 Å². The first-order valence-electron chi connectivity index (χ1n) is 3.79. The third-order valence-corrected chi connectivity index (χ3v) is 2.66. The van der Waals surface area contributed by atoms with Crippen molar-refractivity contribution in [2.24, 2.45) is 5.73 Å². The third-order valence-electron chi connectivity index (χ3n) is 1.54. The molecular weight excluding hydrogens is 165 g/mol. The van der Waals surface area contributed by atoms with Crippen molar-refractivity contribution in [3.63, 3.8) is 0 Å². The quantitative estimate of drug-likeness (QED) is 0.437. The Morgan fingerprint density at radius 1 is 1.45 bits per heavy atom. The van der Waals surface area contributed by atoms with E-state index in [4.69, 9.17) is 15.5 Å².